The van der Waals surface area contributed by atoms with Crippen molar-refractivity contribution >= 4 is 17.7 Å². The van der Waals surface area contributed by atoms with Gasteiger partial charge in [-0.3, -0.25) is 9.48 Å². The summed E-state index contributed by atoms with van der Waals surface area (Å²) in [6.45, 7) is 1.40. The highest BCUT2D eigenvalue weighted by Crippen LogP contribution is 2.16. The smallest absolute Gasteiger partial charge is 0.248 e. The number of hydrogen-bond donors (Lipinski definition) is 1. The number of nitrogens with zero attached hydrogens (tertiary/aromatic N) is 2. The van der Waals surface area contributed by atoms with Gasteiger partial charge in [-0.2, -0.15) is 5.10 Å². The van der Waals surface area contributed by atoms with Crippen LogP contribution in [0, 0.1) is 11.6 Å². The summed E-state index contributed by atoms with van der Waals surface area (Å²) in [4.78, 5) is 11.9. The Morgan fingerprint density at radius 3 is 2.92 bits per heavy atom. The van der Waals surface area contributed by atoms with Crippen LogP contribution in [-0.2, 0) is 16.1 Å². The Labute approximate surface area is 137 Å². The van der Waals surface area contributed by atoms with Crippen LogP contribution in [-0.4, -0.2) is 28.4 Å². The van der Waals surface area contributed by atoms with Gasteiger partial charge in [-0.25, -0.2) is 8.78 Å². The molecule has 1 saturated heterocycles. The molecule has 1 atom stereocenters. The molecular weight excluding hydrogens is 316 g/mol. The summed E-state index contributed by atoms with van der Waals surface area (Å²) in [5.74, 6) is -1.93. The van der Waals surface area contributed by atoms with Gasteiger partial charge in [-0.05, 0) is 31.1 Å². The van der Waals surface area contributed by atoms with Gasteiger partial charge in [-0.1, -0.05) is 6.07 Å². The Morgan fingerprint density at radius 2 is 2.21 bits per heavy atom. The number of rotatable bonds is 5. The molecule has 1 fully saturated rings. The number of aromatic nitrogens is 2. The Kier molecular flexibility index (Phi) is 5.00. The van der Waals surface area contributed by atoms with Crippen LogP contribution < -0.4 is 5.32 Å². The molecule has 24 heavy (non-hydrogen) atoms. The molecule has 2 heterocycles. The minimum atomic E-state index is -0.719. The Morgan fingerprint density at radius 1 is 1.42 bits per heavy atom. The fraction of sp³-hybridized carbons (Fsp3) is 0.294. The molecule has 0 spiro atoms. The van der Waals surface area contributed by atoms with Gasteiger partial charge < -0.3 is 10.1 Å². The summed E-state index contributed by atoms with van der Waals surface area (Å²) in [5.41, 5.74) is 0.262. The molecule has 2 aromatic rings. The lowest BCUT2D eigenvalue weighted by Gasteiger charge is -2.08. The second-order valence-electron chi connectivity index (χ2n) is 5.54. The van der Waals surface area contributed by atoms with Crippen molar-refractivity contribution in [3.8, 4) is 0 Å². The molecule has 1 aromatic heterocycles. The fourth-order valence-corrected chi connectivity index (χ4v) is 2.54. The first-order valence-corrected chi connectivity index (χ1v) is 7.69. The van der Waals surface area contributed by atoms with E-state index < -0.39 is 17.5 Å². The van der Waals surface area contributed by atoms with Gasteiger partial charge in [0.05, 0.1) is 24.5 Å². The van der Waals surface area contributed by atoms with E-state index in [4.69, 9.17) is 4.74 Å². The third-order valence-corrected chi connectivity index (χ3v) is 3.72. The number of amides is 1. The van der Waals surface area contributed by atoms with Crippen molar-refractivity contribution < 1.29 is 18.3 Å². The molecule has 0 radical (unpaired) electrons. The average Bonchev–Trinajstić information content (AvgIpc) is 3.19. The third kappa shape index (κ3) is 4.05. The highest BCUT2D eigenvalue weighted by Gasteiger charge is 2.16. The maximum absolute atomic E-state index is 13.5. The van der Waals surface area contributed by atoms with Crippen LogP contribution in [0.4, 0.5) is 14.5 Å². The minimum Gasteiger partial charge on any atom is -0.376 e. The molecule has 1 aliphatic heterocycles. The predicted octanol–water partition coefficient (Wildman–Crippen LogP) is 2.99. The molecule has 0 saturated carbocycles. The summed E-state index contributed by atoms with van der Waals surface area (Å²) in [7, 11) is 0. The van der Waals surface area contributed by atoms with Crippen LogP contribution in [0.5, 0.6) is 0 Å². The first-order valence-electron chi connectivity index (χ1n) is 7.69. The van der Waals surface area contributed by atoms with Gasteiger partial charge in [0, 0.05) is 24.4 Å². The number of ether oxygens (including phenoxy) is 1. The van der Waals surface area contributed by atoms with E-state index in [1.165, 1.54) is 12.3 Å². The average molecular weight is 333 g/mol. The van der Waals surface area contributed by atoms with Gasteiger partial charge >= 0.3 is 0 Å². The van der Waals surface area contributed by atoms with E-state index in [0.717, 1.165) is 43.7 Å². The van der Waals surface area contributed by atoms with Crippen LogP contribution in [0.3, 0.4) is 0 Å². The number of hydrogen-bond acceptors (Lipinski definition) is 3. The first-order chi connectivity index (χ1) is 11.6. The van der Waals surface area contributed by atoms with E-state index in [2.05, 4.69) is 10.4 Å². The highest BCUT2D eigenvalue weighted by atomic mass is 19.1. The zero-order chi connectivity index (χ0) is 16.9. The summed E-state index contributed by atoms with van der Waals surface area (Å²) in [6, 6.07) is 3.54. The van der Waals surface area contributed by atoms with E-state index in [-0.39, 0.29) is 11.7 Å². The standard InChI is InChI=1S/C17H17F2N3O2/c18-15-4-1-5-16(19)14(15)6-7-17(23)21-12-9-20-22(10-12)11-13-3-2-8-24-13/h1,4-7,9-10,13H,2-3,8,11H2,(H,21,23)/b7-6+. The van der Waals surface area contributed by atoms with Crippen molar-refractivity contribution in [1.82, 2.24) is 9.78 Å². The third-order valence-electron chi connectivity index (χ3n) is 3.72. The molecule has 1 N–H and O–H groups in total. The molecule has 1 amide bonds. The van der Waals surface area contributed by atoms with Gasteiger partial charge in [0.15, 0.2) is 0 Å². The number of carbonyl (C=O) groups is 1. The number of anilines is 1. The van der Waals surface area contributed by atoms with E-state index in [0.29, 0.717) is 12.2 Å². The van der Waals surface area contributed by atoms with Crippen molar-refractivity contribution in [1.29, 1.82) is 0 Å². The molecule has 3 rings (SSSR count). The van der Waals surface area contributed by atoms with Crippen molar-refractivity contribution in [2.24, 2.45) is 0 Å². The van der Waals surface area contributed by atoms with Crippen molar-refractivity contribution in [3.05, 3.63) is 53.9 Å². The monoisotopic (exact) mass is 333 g/mol. The summed E-state index contributed by atoms with van der Waals surface area (Å²) in [6.07, 6.45) is 7.60. The molecule has 1 unspecified atom stereocenters. The van der Waals surface area contributed by atoms with Crippen LogP contribution in [0.15, 0.2) is 36.7 Å². The SMILES string of the molecule is O=C(/C=C/c1c(F)cccc1F)Nc1cnn(CC2CCCO2)c1. The van der Waals surface area contributed by atoms with Crippen LogP contribution >= 0.6 is 0 Å². The Bertz CT molecular complexity index is 732. The lowest BCUT2D eigenvalue weighted by Crippen LogP contribution is -2.15. The fourth-order valence-electron chi connectivity index (χ4n) is 2.54. The summed E-state index contributed by atoms with van der Waals surface area (Å²) in [5, 5.41) is 6.76. The van der Waals surface area contributed by atoms with Crippen molar-refractivity contribution in [2.75, 3.05) is 11.9 Å². The van der Waals surface area contributed by atoms with Crippen LogP contribution in [0.2, 0.25) is 0 Å². The molecule has 7 heteroatoms. The second kappa shape index (κ2) is 7.35. The van der Waals surface area contributed by atoms with Gasteiger partial charge in [0.25, 0.3) is 0 Å². The number of nitrogens with one attached hydrogen (secondary N) is 1. The molecule has 126 valence electrons. The van der Waals surface area contributed by atoms with E-state index >= 15 is 0 Å². The maximum Gasteiger partial charge on any atom is 0.248 e. The molecular formula is C17H17F2N3O2. The topological polar surface area (TPSA) is 56.2 Å². The van der Waals surface area contributed by atoms with Crippen LogP contribution in [0.1, 0.15) is 18.4 Å². The van der Waals surface area contributed by atoms with Gasteiger partial charge in [-0.15, -0.1) is 0 Å². The summed E-state index contributed by atoms with van der Waals surface area (Å²) >= 11 is 0. The zero-order valence-corrected chi connectivity index (χ0v) is 12.9. The quantitative estimate of drug-likeness (QED) is 0.856. The first kappa shape index (κ1) is 16.3. The number of halogens is 2. The Hall–Kier alpha value is -2.54. The van der Waals surface area contributed by atoms with Gasteiger partial charge in [0.2, 0.25) is 5.91 Å². The van der Waals surface area contributed by atoms with E-state index in [1.807, 2.05) is 0 Å². The van der Waals surface area contributed by atoms with Crippen LogP contribution in [0.25, 0.3) is 6.08 Å². The van der Waals surface area contributed by atoms with E-state index in [1.54, 1.807) is 10.9 Å². The normalized spacial score (nSPS) is 17.5. The minimum absolute atomic E-state index is 0.150. The molecule has 1 aliphatic rings. The number of carbonyl (C=O) groups excluding carboxylic acids is 1. The Balaban J connectivity index is 1.58. The lowest BCUT2D eigenvalue weighted by molar-refractivity contribution is -0.111. The largest absolute Gasteiger partial charge is 0.376 e. The molecule has 1 aromatic carbocycles. The molecule has 0 aliphatic carbocycles. The summed E-state index contributed by atoms with van der Waals surface area (Å²) < 4.78 is 34.2. The second-order valence-corrected chi connectivity index (χ2v) is 5.54. The predicted molar refractivity (Wildman–Crippen MR) is 85.2 cm³/mol. The zero-order valence-electron chi connectivity index (χ0n) is 12.9. The molecule has 5 nitrogen and oxygen atoms in total. The highest BCUT2D eigenvalue weighted by molar-refractivity contribution is 6.01. The number of benzene rings is 1. The lowest BCUT2D eigenvalue weighted by atomic mass is 10.2. The van der Waals surface area contributed by atoms with Gasteiger partial charge in [0.1, 0.15) is 11.6 Å². The maximum atomic E-state index is 13.5. The van der Waals surface area contributed by atoms with E-state index in [9.17, 15) is 13.6 Å². The van der Waals surface area contributed by atoms with Crippen molar-refractivity contribution in [3.63, 3.8) is 0 Å². The molecule has 0 bridgehead atoms. The van der Waals surface area contributed by atoms with Crippen molar-refractivity contribution in [2.45, 2.75) is 25.5 Å².